The largest absolute Gasteiger partial charge is 0.497 e. The number of fused-ring (bicyclic) bond motifs is 3. The SMILES string of the molecule is CCc1cc(OC)ccc1Nc1cc2c3c(c1)[C@@H]1CNCC[C@@H]1N3CCOC2. The van der Waals surface area contributed by atoms with Gasteiger partial charge in [-0.25, -0.2) is 0 Å². The van der Waals surface area contributed by atoms with Gasteiger partial charge >= 0.3 is 0 Å². The topological polar surface area (TPSA) is 45.8 Å². The van der Waals surface area contributed by atoms with Crippen LogP contribution in [0.2, 0.25) is 0 Å². The molecule has 0 saturated carbocycles. The summed E-state index contributed by atoms with van der Waals surface area (Å²) in [6, 6.07) is 11.5. The Morgan fingerprint density at radius 3 is 3.07 bits per heavy atom. The van der Waals surface area contributed by atoms with Crippen LogP contribution >= 0.6 is 0 Å². The maximum atomic E-state index is 5.94. The molecule has 0 aliphatic carbocycles. The Labute approximate surface area is 167 Å². The molecule has 0 bridgehead atoms. The predicted octanol–water partition coefficient (Wildman–Crippen LogP) is 3.80. The van der Waals surface area contributed by atoms with E-state index in [9.17, 15) is 0 Å². The normalized spacial score (nSPS) is 23.0. The van der Waals surface area contributed by atoms with Crippen molar-refractivity contribution in [3.63, 3.8) is 0 Å². The molecule has 5 heteroatoms. The van der Waals surface area contributed by atoms with Gasteiger partial charge in [-0.2, -0.15) is 0 Å². The second kappa shape index (κ2) is 7.30. The van der Waals surface area contributed by atoms with Gasteiger partial charge in [-0.15, -0.1) is 0 Å². The molecule has 5 rings (SSSR count). The average Bonchev–Trinajstić information content (AvgIpc) is 2.89. The zero-order valence-electron chi connectivity index (χ0n) is 16.8. The first-order valence-corrected chi connectivity index (χ1v) is 10.4. The monoisotopic (exact) mass is 379 g/mol. The molecule has 3 aliphatic heterocycles. The van der Waals surface area contributed by atoms with Crippen LogP contribution in [0.15, 0.2) is 30.3 Å². The molecular weight excluding hydrogens is 350 g/mol. The minimum atomic E-state index is 0.573. The summed E-state index contributed by atoms with van der Waals surface area (Å²) in [7, 11) is 1.72. The third-order valence-electron chi connectivity index (χ3n) is 6.46. The fourth-order valence-electron chi connectivity index (χ4n) is 5.12. The highest BCUT2D eigenvalue weighted by molar-refractivity contribution is 5.75. The van der Waals surface area contributed by atoms with E-state index in [1.807, 2.05) is 6.07 Å². The van der Waals surface area contributed by atoms with Gasteiger partial charge in [0.25, 0.3) is 0 Å². The van der Waals surface area contributed by atoms with Gasteiger partial charge in [-0.05, 0) is 60.8 Å². The number of anilines is 3. The molecule has 0 unspecified atom stereocenters. The van der Waals surface area contributed by atoms with E-state index < -0.39 is 0 Å². The third kappa shape index (κ3) is 2.93. The van der Waals surface area contributed by atoms with Crippen molar-refractivity contribution >= 4 is 17.1 Å². The second-order valence-electron chi connectivity index (χ2n) is 7.99. The molecular formula is C23H29N3O2. The van der Waals surface area contributed by atoms with E-state index in [0.29, 0.717) is 18.6 Å². The van der Waals surface area contributed by atoms with Crippen molar-refractivity contribution in [2.75, 3.05) is 43.6 Å². The zero-order valence-corrected chi connectivity index (χ0v) is 16.8. The van der Waals surface area contributed by atoms with Crippen LogP contribution in [-0.2, 0) is 17.8 Å². The molecule has 2 N–H and O–H groups in total. The zero-order chi connectivity index (χ0) is 19.1. The number of benzene rings is 2. The van der Waals surface area contributed by atoms with E-state index in [2.05, 4.69) is 46.7 Å². The summed E-state index contributed by atoms with van der Waals surface area (Å²) in [5.41, 5.74) is 7.81. The molecule has 2 aromatic rings. The van der Waals surface area contributed by atoms with Gasteiger partial charge in [-0.3, -0.25) is 0 Å². The molecule has 3 heterocycles. The lowest BCUT2D eigenvalue weighted by Gasteiger charge is -2.33. The molecule has 5 nitrogen and oxygen atoms in total. The van der Waals surface area contributed by atoms with E-state index in [0.717, 1.165) is 49.8 Å². The molecule has 2 aromatic carbocycles. The summed E-state index contributed by atoms with van der Waals surface area (Å²) in [6.45, 7) is 6.88. The number of aryl methyl sites for hydroxylation is 1. The number of nitrogens with one attached hydrogen (secondary N) is 2. The van der Waals surface area contributed by atoms with Crippen molar-refractivity contribution in [2.45, 2.75) is 38.3 Å². The second-order valence-corrected chi connectivity index (χ2v) is 7.99. The van der Waals surface area contributed by atoms with Crippen LogP contribution in [0.1, 0.15) is 36.0 Å². The molecule has 148 valence electrons. The molecule has 3 aliphatic rings. The lowest BCUT2D eigenvalue weighted by Crippen LogP contribution is -2.44. The number of rotatable bonds is 4. The van der Waals surface area contributed by atoms with Crippen LogP contribution < -0.4 is 20.3 Å². The van der Waals surface area contributed by atoms with E-state index >= 15 is 0 Å². The summed E-state index contributed by atoms with van der Waals surface area (Å²) >= 11 is 0. The molecule has 0 aromatic heterocycles. The number of piperidine rings is 1. The smallest absolute Gasteiger partial charge is 0.119 e. The summed E-state index contributed by atoms with van der Waals surface area (Å²) in [4.78, 5) is 2.62. The van der Waals surface area contributed by atoms with Gasteiger partial charge in [0.1, 0.15) is 5.75 Å². The number of hydrogen-bond donors (Lipinski definition) is 2. The van der Waals surface area contributed by atoms with Crippen molar-refractivity contribution in [3.05, 3.63) is 47.0 Å². The van der Waals surface area contributed by atoms with E-state index in [1.165, 1.54) is 28.8 Å². The Kier molecular flexibility index (Phi) is 4.65. The highest BCUT2D eigenvalue weighted by atomic mass is 16.5. The Morgan fingerprint density at radius 2 is 2.21 bits per heavy atom. The molecule has 1 saturated heterocycles. The van der Waals surface area contributed by atoms with Gasteiger partial charge in [0.15, 0.2) is 0 Å². The number of methoxy groups -OCH3 is 1. The Bertz CT molecular complexity index is 882. The molecule has 0 spiro atoms. The number of hydrogen-bond acceptors (Lipinski definition) is 5. The van der Waals surface area contributed by atoms with Crippen LogP contribution in [0.5, 0.6) is 5.75 Å². The van der Waals surface area contributed by atoms with Gasteiger partial charge in [0.2, 0.25) is 0 Å². The highest BCUT2D eigenvalue weighted by Gasteiger charge is 2.41. The molecule has 1 fully saturated rings. The maximum Gasteiger partial charge on any atom is 0.119 e. The summed E-state index contributed by atoms with van der Waals surface area (Å²) in [5.74, 6) is 1.48. The molecule has 28 heavy (non-hydrogen) atoms. The van der Waals surface area contributed by atoms with Crippen LogP contribution in [-0.4, -0.2) is 39.4 Å². The first kappa shape index (κ1) is 17.8. The molecule has 0 radical (unpaired) electrons. The van der Waals surface area contributed by atoms with Crippen LogP contribution in [0.3, 0.4) is 0 Å². The number of ether oxygens (including phenoxy) is 2. The molecule has 2 atom stereocenters. The van der Waals surface area contributed by atoms with Gasteiger partial charge in [0, 0.05) is 47.7 Å². The van der Waals surface area contributed by atoms with Crippen molar-refractivity contribution in [2.24, 2.45) is 0 Å². The fraction of sp³-hybridized carbons (Fsp3) is 0.478. The average molecular weight is 380 g/mol. The fourth-order valence-corrected chi connectivity index (χ4v) is 5.12. The quantitative estimate of drug-likeness (QED) is 0.846. The summed E-state index contributed by atoms with van der Waals surface area (Å²) in [5, 5.41) is 7.29. The van der Waals surface area contributed by atoms with Crippen LogP contribution in [0.4, 0.5) is 17.1 Å². The van der Waals surface area contributed by atoms with Crippen molar-refractivity contribution < 1.29 is 9.47 Å². The lowest BCUT2D eigenvalue weighted by molar-refractivity contribution is 0.130. The Hall–Kier alpha value is -2.24. The first-order chi connectivity index (χ1) is 13.8. The third-order valence-corrected chi connectivity index (χ3v) is 6.46. The van der Waals surface area contributed by atoms with Gasteiger partial charge in [-0.1, -0.05) is 6.92 Å². The van der Waals surface area contributed by atoms with Crippen LogP contribution in [0, 0.1) is 0 Å². The lowest BCUT2D eigenvalue weighted by atomic mass is 9.89. The van der Waals surface area contributed by atoms with E-state index in [1.54, 1.807) is 7.11 Å². The van der Waals surface area contributed by atoms with Crippen molar-refractivity contribution in [3.8, 4) is 5.75 Å². The standard InChI is InChI=1S/C23H29N3O2/c1-3-15-11-18(27-2)4-5-21(15)25-17-10-16-14-28-9-8-26-22-6-7-24-13-20(22)19(12-17)23(16)26/h4-5,10-12,20,22,24-25H,3,6-9,13-14H2,1-2H3/t20-,22-/m0/s1. The maximum absolute atomic E-state index is 5.94. The number of nitrogens with zero attached hydrogens (tertiary/aromatic N) is 1. The van der Waals surface area contributed by atoms with Crippen molar-refractivity contribution in [1.82, 2.24) is 5.32 Å². The minimum absolute atomic E-state index is 0.573. The molecule has 0 amide bonds. The Morgan fingerprint density at radius 1 is 1.29 bits per heavy atom. The van der Waals surface area contributed by atoms with E-state index in [-0.39, 0.29) is 0 Å². The summed E-state index contributed by atoms with van der Waals surface area (Å²) < 4.78 is 11.3. The summed E-state index contributed by atoms with van der Waals surface area (Å²) in [6.07, 6.45) is 2.17. The minimum Gasteiger partial charge on any atom is -0.497 e. The predicted molar refractivity (Wildman–Crippen MR) is 113 cm³/mol. The van der Waals surface area contributed by atoms with Crippen molar-refractivity contribution in [1.29, 1.82) is 0 Å². The first-order valence-electron chi connectivity index (χ1n) is 10.4. The Balaban J connectivity index is 1.54. The van der Waals surface area contributed by atoms with Gasteiger partial charge < -0.3 is 25.0 Å². The van der Waals surface area contributed by atoms with Gasteiger partial charge in [0.05, 0.1) is 20.3 Å². The highest BCUT2D eigenvalue weighted by Crippen LogP contribution is 2.47. The van der Waals surface area contributed by atoms with Crippen LogP contribution in [0.25, 0.3) is 0 Å². The van der Waals surface area contributed by atoms with E-state index in [4.69, 9.17) is 9.47 Å².